The van der Waals surface area contributed by atoms with E-state index >= 15 is 0 Å². The van der Waals surface area contributed by atoms with Gasteiger partial charge in [-0.3, -0.25) is 0 Å². The molecular weight excluding hydrogens is 320 g/mol. The summed E-state index contributed by atoms with van der Waals surface area (Å²) in [6.07, 6.45) is 8.21. The summed E-state index contributed by atoms with van der Waals surface area (Å²) in [5.74, 6) is 0. The molecule has 0 aromatic carbocycles. The predicted molar refractivity (Wildman–Crippen MR) is 73.1 cm³/mol. The molecule has 0 aromatic heterocycles. The maximum Gasteiger partial charge on any atom is 0.0576 e. The molecule has 0 saturated carbocycles. The van der Waals surface area contributed by atoms with E-state index < -0.39 is 0 Å². The molecule has 1 atom stereocenters. The molecule has 0 spiro atoms. The summed E-state index contributed by atoms with van der Waals surface area (Å²) in [7, 11) is 0. The molecule has 1 fully saturated rings. The lowest BCUT2D eigenvalue weighted by atomic mass is 9.84. The minimum atomic E-state index is 0.457. The van der Waals surface area contributed by atoms with Crippen molar-refractivity contribution in [3.8, 4) is 0 Å². The highest BCUT2D eigenvalue weighted by atomic mass is 79.9. The molecule has 0 aliphatic carbocycles. The Morgan fingerprint density at radius 3 is 2.53 bits per heavy atom. The fraction of sp³-hybridized carbons (Fsp3) is 1.00. The highest BCUT2D eigenvalue weighted by molar-refractivity contribution is 9.09. The Hall–Kier alpha value is 0.920. The number of hydrogen-bond donors (Lipinski definition) is 0. The minimum Gasteiger partial charge on any atom is -0.378 e. The molecule has 1 nitrogen and oxygen atoms in total. The van der Waals surface area contributed by atoms with E-state index in [4.69, 9.17) is 4.74 Å². The number of alkyl halides is 2. The fourth-order valence-electron chi connectivity index (χ4n) is 2.11. The molecule has 1 unspecified atom stereocenters. The Morgan fingerprint density at radius 2 is 2.07 bits per heavy atom. The largest absolute Gasteiger partial charge is 0.378 e. The van der Waals surface area contributed by atoms with Crippen molar-refractivity contribution in [1.29, 1.82) is 0 Å². The van der Waals surface area contributed by atoms with Gasteiger partial charge in [0.2, 0.25) is 0 Å². The summed E-state index contributed by atoms with van der Waals surface area (Å²) in [6, 6.07) is 0. The zero-order valence-corrected chi connectivity index (χ0v) is 12.8. The van der Waals surface area contributed by atoms with Crippen LogP contribution in [0.25, 0.3) is 0 Å². The van der Waals surface area contributed by atoms with Crippen LogP contribution in [0.4, 0.5) is 0 Å². The molecule has 1 heterocycles. The molecule has 1 aliphatic rings. The highest BCUT2D eigenvalue weighted by Crippen LogP contribution is 2.34. The molecule has 0 radical (unpaired) electrons. The third-order valence-electron chi connectivity index (χ3n) is 3.57. The first kappa shape index (κ1) is 14.0. The molecule has 3 heteroatoms. The second kappa shape index (κ2) is 7.29. The molecule has 0 N–H and O–H groups in total. The lowest BCUT2D eigenvalue weighted by molar-refractivity contribution is 0.0989. The average Bonchev–Trinajstić information content (AvgIpc) is 2.78. The third-order valence-corrected chi connectivity index (χ3v) is 5.95. The van der Waals surface area contributed by atoms with E-state index in [2.05, 4.69) is 38.8 Å². The topological polar surface area (TPSA) is 9.23 Å². The summed E-state index contributed by atoms with van der Waals surface area (Å²) in [5.41, 5.74) is 0.457. The van der Waals surface area contributed by atoms with Crippen LogP contribution in [0, 0.1) is 5.41 Å². The van der Waals surface area contributed by atoms with E-state index in [9.17, 15) is 0 Å². The van der Waals surface area contributed by atoms with Crippen molar-refractivity contribution in [2.45, 2.75) is 51.6 Å². The smallest absolute Gasteiger partial charge is 0.0576 e. The number of halogens is 2. The first-order chi connectivity index (χ1) is 7.26. The zero-order chi connectivity index (χ0) is 11.1. The first-order valence-corrected chi connectivity index (χ1v) is 8.24. The van der Waals surface area contributed by atoms with E-state index in [1.165, 1.54) is 38.5 Å². The molecule has 1 rings (SSSR count). The van der Waals surface area contributed by atoms with Crippen molar-refractivity contribution in [3.05, 3.63) is 0 Å². The van der Waals surface area contributed by atoms with Gasteiger partial charge in [-0.05, 0) is 37.5 Å². The molecule has 0 amide bonds. The quantitative estimate of drug-likeness (QED) is 0.618. The van der Waals surface area contributed by atoms with Crippen molar-refractivity contribution in [2.24, 2.45) is 5.41 Å². The van der Waals surface area contributed by atoms with Gasteiger partial charge in [-0.2, -0.15) is 0 Å². The van der Waals surface area contributed by atoms with E-state index in [-0.39, 0.29) is 0 Å². The van der Waals surface area contributed by atoms with Crippen molar-refractivity contribution in [2.75, 3.05) is 17.3 Å². The van der Waals surface area contributed by atoms with Crippen LogP contribution in [-0.4, -0.2) is 23.4 Å². The lowest BCUT2D eigenvalue weighted by Crippen LogP contribution is -2.24. The van der Waals surface area contributed by atoms with Gasteiger partial charge < -0.3 is 4.74 Å². The SMILES string of the molecule is CCC(CBr)(CBr)CCCC1CCCO1. The maximum atomic E-state index is 5.65. The number of ether oxygens (including phenoxy) is 1. The Morgan fingerprint density at radius 1 is 1.33 bits per heavy atom. The van der Waals surface area contributed by atoms with Crippen LogP contribution in [0.5, 0.6) is 0 Å². The van der Waals surface area contributed by atoms with Gasteiger partial charge in [-0.1, -0.05) is 45.2 Å². The van der Waals surface area contributed by atoms with Crippen LogP contribution < -0.4 is 0 Å². The predicted octanol–water partition coefficient (Wildman–Crippen LogP) is 4.52. The minimum absolute atomic E-state index is 0.457. The third kappa shape index (κ3) is 4.35. The molecule has 90 valence electrons. The van der Waals surface area contributed by atoms with Crippen molar-refractivity contribution >= 4 is 31.9 Å². The first-order valence-electron chi connectivity index (χ1n) is 6.00. The second-order valence-corrected chi connectivity index (χ2v) is 5.77. The van der Waals surface area contributed by atoms with Gasteiger partial charge in [-0.25, -0.2) is 0 Å². The summed E-state index contributed by atoms with van der Waals surface area (Å²) < 4.78 is 5.65. The van der Waals surface area contributed by atoms with Gasteiger partial charge >= 0.3 is 0 Å². The average molecular weight is 342 g/mol. The van der Waals surface area contributed by atoms with E-state index in [0.29, 0.717) is 11.5 Å². The molecular formula is C12H22Br2O. The van der Waals surface area contributed by atoms with Crippen LogP contribution in [-0.2, 0) is 4.74 Å². The second-order valence-electron chi connectivity index (χ2n) is 4.65. The van der Waals surface area contributed by atoms with Crippen molar-refractivity contribution in [3.63, 3.8) is 0 Å². The number of rotatable bonds is 7. The molecule has 0 bridgehead atoms. The Labute approximate surface area is 111 Å². The Kier molecular flexibility index (Phi) is 6.79. The molecule has 1 saturated heterocycles. The number of hydrogen-bond acceptors (Lipinski definition) is 1. The monoisotopic (exact) mass is 340 g/mol. The molecule has 0 aromatic rings. The van der Waals surface area contributed by atoms with Gasteiger partial charge in [0.05, 0.1) is 6.10 Å². The van der Waals surface area contributed by atoms with Gasteiger partial charge in [0, 0.05) is 17.3 Å². The van der Waals surface area contributed by atoms with E-state index in [1.807, 2.05) is 0 Å². The molecule has 1 aliphatic heterocycles. The fourth-order valence-corrected chi connectivity index (χ4v) is 4.39. The standard InChI is InChI=1S/C12H22Br2O/c1-2-12(9-13,10-14)7-3-5-11-6-4-8-15-11/h11H,2-10H2,1H3. The normalized spacial score (nSPS) is 22.2. The maximum absolute atomic E-state index is 5.65. The van der Waals surface area contributed by atoms with E-state index in [0.717, 1.165) is 17.3 Å². The summed E-state index contributed by atoms with van der Waals surface area (Å²) in [5, 5.41) is 2.21. The molecule has 15 heavy (non-hydrogen) atoms. The Balaban J connectivity index is 2.21. The van der Waals surface area contributed by atoms with Gasteiger partial charge in [0.1, 0.15) is 0 Å². The Bertz CT molecular complexity index is 155. The van der Waals surface area contributed by atoms with Crippen LogP contribution in [0.3, 0.4) is 0 Å². The van der Waals surface area contributed by atoms with Gasteiger partial charge in [-0.15, -0.1) is 0 Å². The van der Waals surface area contributed by atoms with Gasteiger partial charge in [0.25, 0.3) is 0 Å². The van der Waals surface area contributed by atoms with Crippen LogP contribution in [0.2, 0.25) is 0 Å². The lowest BCUT2D eigenvalue weighted by Gasteiger charge is -2.28. The summed E-state index contributed by atoms with van der Waals surface area (Å²) >= 11 is 7.29. The van der Waals surface area contributed by atoms with Crippen LogP contribution in [0.15, 0.2) is 0 Å². The van der Waals surface area contributed by atoms with E-state index in [1.54, 1.807) is 0 Å². The van der Waals surface area contributed by atoms with Crippen molar-refractivity contribution in [1.82, 2.24) is 0 Å². The van der Waals surface area contributed by atoms with Crippen LogP contribution in [0.1, 0.15) is 45.4 Å². The van der Waals surface area contributed by atoms with Gasteiger partial charge in [0.15, 0.2) is 0 Å². The highest BCUT2D eigenvalue weighted by Gasteiger charge is 2.26. The summed E-state index contributed by atoms with van der Waals surface area (Å²) in [6.45, 7) is 3.27. The van der Waals surface area contributed by atoms with Crippen molar-refractivity contribution < 1.29 is 4.74 Å². The zero-order valence-electron chi connectivity index (χ0n) is 9.61. The van der Waals surface area contributed by atoms with Crippen LogP contribution >= 0.6 is 31.9 Å². The summed E-state index contributed by atoms with van der Waals surface area (Å²) in [4.78, 5) is 0.